The zero-order valence-corrected chi connectivity index (χ0v) is 15.1. The Kier molecular flexibility index (Phi) is 5.02. The molecule has 1 fully saturated rings. The van der Waals surface area contributed by atoms with Crippen molar-refractivity contribution in [2.45, 2.75) is 6.42 Å². The van der Waals surface area contributed by atoms with Crippen LogP contribution >= 0.6 is 0 Å². The third kappa shape index (κ3) is 3.80. The maximum atomic E-state index is 5.92. The summed E-state index contributed by atoms with van der Waals surface area (Å²) in [6, 6.07) is 7.80. The van der Waals surface area contributed by atoms with Gasteiger partial charge in [-0.2, -0.15) is 0 Å². The van der Waals surface area contributed by atoms with Crippen molar-refractivity contribution < 1.29 is 9.47 Å². The van der Waals surface area contributed by atoms with Crippen LogP contribution in [0.4, 0.5) is 5.95 Å². The molecule has 1 saturated heterocycles. The highest BCUT2D eigenvalue weighted by Crippen LogP contribution is 2.30. The summed E-state index contributed by atoms with van der Waals surface area (Å²) in [7, 11) is 1.69. The van der Waals surface area contributed by atoms with E-state index in [1.165, 1.54) is 5.57 Å². The molecule has 0 amide bonds. The van der Waals surface area contributed by atoms with Gasteiger partial charge < -0.3 is 14.4 Å². The van der Waals surface area contributed by atoms with Crippen molar-refractivity contribution in [3.05, 3.63) is 47.8 Å². The van der Waals surface area contributed by atoms with Crippen LogP contribution in [0.1, 0.15) is 12.0 Å². The number of aromatic nitrogens is 2. The fourth-order valence-electron chi connectivity index (χ4n) is 3.49. The number of rotatable bonds is 4. The molecule has 0 aliphatic carbocycles. The molecule has 0 N–H and O–H groups in total. The standard InChI is InChI=1S/C20H24N4O2/c1-25-18-4-5-19-17(13-18)12-16(15-26-19)14-23-8-3-9-24(11-10-23)20-21-6-2-7-22-20/h2,4-7,12-13H,3,8-11,14-15H2,1H3. The molecule has 0 spiro atoms. The van der Waals surface area contributed by atoms with Gasteiger partial charge in [0.2, 0.25) is 5.95 Å². The van der Waals surface area contributed by atoms with Crippen LogP contribution in [0.2, 0.25) is 0 Å². The molecule has 3 heterocycles. The normalized spacial score (nSPS) is 17.7. The predicted molar refractivity (Wildman–Crippen MR) is 102 cm³/mol. The first-order valence-corrected chi connectivity index (χ1v) is 9.06. The van der Waals surface area contributed by atoms with Crippen LogP contribution in [0.5, 0.6) is 11.5 Å². The Morgan fingerprint density at radius 2 is 2.00 bits per heavy atom. The average Bonchev–Trinajstić information content (AvgIpc) is 2.93. The summed E-state index contributed by atoms with van der Waals surface area (Å²) in [6.45, 7) is 5.60. The van der Waals surface area contributed by atoms with Crippen LogP contribution in [0.25, 0.3) is 6.08 Å². The highest BCUT2D eigenvalue weighted by molar-refractivity contribution is 5.64. The van der Waals surface area contributed by atoms with E-state index in [9.17, 15) is 0 Å². The van der Waals surface area contributed by atoms with Crippen molar-refractivity contribution in [1.29, 1.82) is 0 Å². The summed E-state index contributed by atoms with van der Waals surface area (Å²) < 4.78 is 11.2. The zero-order valence-electron chi connectivity index (χ0n) is 15.1. The number of hydrogen-bond acceptors (Lipinski definition) is 6. The van der Waals surface area contributed by atoms with E-state index in [-0.39, 0.29) is 0 Å². The van der Waals surface area contributed by atoms with Gasteiger partial charge in [-0.1, -0.05) is 0 Å². The van der Waals surface area contributed by atoms with Gasteiger partial charge in [0.05, 0.1) is 7.11 Å². The molecule has 26 heavy (non-hydrogen) atoms. The molecule has 136 valence electrons. The first kappa shape index (κ1) is 16.8. The molecule has 0 radical (unpaired) electrons. The average molecular weight is 352 g/mol. The van der Waals surface area contributed by atoms with E-state index in [1.807, 2.05) is 24.3 Å². The highest BCUT2D eigenvalue weighted by Gasteiger charge is 2.19. The van der Waals surface area contributed by atoms with Gasteiger partial charge in [-0.25, -0.2) is 9.97 Å². The van der Waals surface area contributed by atoms with E-state index < -0.39 is 0 Å². The first-order chi connectivity index (χ1) is 12.8. The number of ether oxygens (including phenoxy) is 2. The maximum Gasteiger partial charge on any atom is 0.225 e. The van der Waals surface area contributed by atoms with Gasteiger partial charge in [0.1, 0.15) is 18.1 Å². The summed E-state index contributed by atoms with van der Waals surface area (Å²) in [5, 5.41) is 0. The molecule has 0 unspecified atom stereocenters. The summed E-state index contributed by atoms with van der Waals surface area (Å²) in [5.41, 5.74) is 2.40. The monoisotopic (exact) mass is 352 g/mol. The van der Waals surface area contributed by atoms with E-state index in [0.717, 1.165) is 62.2 Å². The molecule has 2 aliphatic rings. The van der Waals surface area contributed by atoms with E-state index in [0.29, 0.717) is 6.61 Å². The smallest absolute Gasteiger partial charge is 0.225 e. The fourth-order valence-corrected chi connectivity index (χ4v) is 3.49. The Morgan fingerprint density at radius 1 is 1.12 bits per heavy atom. The lowest BCUT2D eigenvalue weighted by atomic mass is 10.1. The van der Waals surface area contributed by atoms with Gasteiger partial charge in [-0.15, -0.1) is 0 Å². The van der Waals surface area contributed by atoms with Gasteiger partial charge in [-0.3, -0.25) is 4.90 Å². The molecule has 6 heteroatoms. The van der Waals surface area contributed by atoms with Gasteiger partial charge in [-0.05, 0) is 42.3 Å². The minimum atomic E-state index is 0.654. The molecule has 2 aromatic rings. The van der Waals surface area contributed by atoms with Crippen molar-refractivity contribution in [3.8, 4) is 11.5 Å². The minimum Gasteiger partial charge on any atom is -0.497 e. The van der Waals surface area contributed by atoms with Crippen LogP contribution in [0.3, 0.4) is 0 Å². The molecule has 1 aromatic carbocycles. The fraction of sp³-hybridized carbons (Fsp3) is 0.400. The quantitative estimate of drug-likeness (QED) is 0.843. The third-order valence-electron chi connectivity index (χ3n) is 4.84. The van der Waals surface area contributed by atoms with Gasteiger partial charge >= 0.3 is 0 Å². The predicted octanol–water partition coefficient (Wildman–Crippen LogP) is 2.47. The number of methoxy groups -OCH3 is 1. The van der Waals surface area contributed by atoms with E-state index in [2.05, 4.69) is 25.8 Å². The summed E-state index contributed by atoms with van der Waals surface area (Å²) >= 11 is 0. The molecule has 1 aromatic heterocycles. The summed E-state index contributed by atoms with van der Waals surface area (Å²) in [5.74, 6) is 2.62. The van der Waals surface area contributed by atoms with Crippen LogP contribution in [0.15, 0.2) is 42.2 Å². The molecular weight excluding hydrogens is 328 g/mol. The molecule has 0 bridgehead atoms. The maximum absolute atomic E-state index is 5.92. The van der Waals surface area contributed by atoms with Gasteiger partial charge in [0, 0.05) is 50.7 Å². The van der Waals surface area contributed by atoms with Crippen molar-refractivity contribution in [3.63, 3.8) is 0 Å². The van der Waals surface area contributed by atoms with E-state index in [1.54, 1.807) is 19.5 Å². The highest BCUT2D eigenvalue weighted by atomic mass is 16.5. The lowest BCUT2D eigenvalue weighted by molar-refractivity contribution is 0.286. The van der Waals surface area contributed by atoms with Crippen molar-refractivity contribution in [2.75, 3.05) is 51.3 Å². The molecular formula is C20H24N4O2. The zero-order chi connectivity index (χ0) is 17.8. The van der Waals surface area contributed by atoms with Crippen LogP contribution in [-0.4, -0.2) is 61.3 Å². The lowest BCUT2D eigenvalue weighted by Crippen LogP contribution is -2.33. The van der Waals surface area contributed by atoms with E-state index in [4.69, 9.17) is 9.47 Å². The summed E-state index contributed by atoms with van der Waals surface area (Å²) in [4.78, 5) is 13.5. The van der Waals surface area contributed by atoms with Crippen molar-refractivity contribution in [2.24, 2.45) is 0 Å². The van der Waals surface area contributed by atoms with Gasteiger partial charge in [0.25, 0.3) is 0 Å². The Hall–Kier alpha value is -2.60. The number of anilines is 1. The lowest BCUT2D eigenvalue weighted by Gasteiger charge is -2.25. The molecule has 4 rings (SSSR count). The van der Waals surface area contributed by atoms with Crippen molar-refractivity contribution in [1.82, 2.24) is 14.9 Å². The minimum absolute atomic E-state index is 0.654. The second-order valence-electron chi connectivity index (χ2n) is 6.66. The number of nitrogens with zero attached hydrogens (tertiary/aromatic N) is 4. The molecule has 2 aliphatic heterocycles. The van der Waals surface area contributed by atoms with Crippen LogP contribution < -0.4 is 14.4 Å². The topological polar surface area (TPSA) is 50.7 Å². The molecule has 0 saturated carbocycles. The largest absolute Gasteiger partial charge is 0.497 e. The third-order valence-corrected chi connectivity index (χ3v) is 4.84. The molecule has 6 nitrogen and oxygen atoms in total. The van der Waals surface area contributed by atoms with Crippen LogP contribution in [-0.2, 0) is 0 Å². The SMILES string of the molecule is COc1ccc2c(c1)C=C(CN1CCCN(c3ncccn3)CC1)CO2. The Balaban J connectivity index is 1.41. The molecule has 0 atom stereocenters. The summed E-state index contributed by atoms with van der Waals surface area (Å²) in [6.07, 6.45) is 6.96. The van der Waals surface area contributed by atoms with Crippen LogP contribution in [0, 0.1) is 0 Å². The Labute approximate surface area is 154 Å². The van der Waals surface area contributed by atoms with Gasteiger partial charge in [0.15, 0.2) is 0 Å². The Bertz CT molecular complexity index is 779. The van der Waals surface area contributed by atoms with Crippen molar-refractivity contribution >= 4 is 12.0 Å². The number of hydrogen-bond donors (Lipinski definition) is 0. The second kappa shape index (κ2) is 7.74. The first-order valence-electron chi connectivity index (χ1n) is 9.06. The second-order valence-corrected chi connectivity index (χ2v) is 6.66. The number of benzene rings is 1. The number of fused-ring (bicyclic) bond motifs is 1. The van der Waals surface area contributed by atoms with E-state index >= 15 is 0 Å². The Morgan fingerprint density at radius 3 is 2.85 bits per heavy atom.